The second-order valence-electron chi connectivity index (χ2n) is 3.89. The van der Waals surface area contributed by atoms with E-state index in [9.17, 15) is 0 Å². The van der Waals surface area contributed by atoms with Crippen LogP contribution in [0.15, 0.2) is 60.8 Å². The number of aromatic nitrogens is 3. The Kier molecular flexibility index (Phi) is 2.82. The van der Waals surface area contributed by atoms with Crippen LogP contribution in [0.2, 0.25) is 5.02 Å². The van der Waals surface area contributed by atoms with Crippen molar-refractivity contribution in [3.63, 3.8) is 0 Å². The summed E-state index contributed by atoms with van der Waals surface area (Å²) in [4.78, 5) is 0. The van der Waals surface area contributed by atoms with Gasteiger partial charge in [-0.15, -0.1) is 5.10 Å². The second-order valence-corrected chi connectivity index (χ2v) is 4.33. The molecule has 4 heteroatoms. The molecule has 0 saturated carbocycles. The summed E-state index contributed by atoms with van der Waals surface area (Å²) in [5.74, 6) is 0. The van der Waals surface area contributed by atoms with Crippen molar-refractivity contribution in [1.29, 1.82) is 0 Å². The van der Waals surface area contributed by atoms with E-state index in [1.807, 2.05) is 60.8 Å². The van der Waals surface area contributed by atoms with Crippen molar-refractivity contribution in [3.8, 4) is 16.9 Å². The van der Waals surface area contributed by atoms with Crippen LogP contribution in [-0.4, -0.2) is 15.0 Å². The third kappa shape index (κ3) is 2.13. The standard InChI is InChI=1S/C14H10ClN3/c15-12-8-6-11(7-9-12)14-10-18(17-16-14)13-4-2-1-3-5-13/h1-10H. The number of hydrogen-bond donors (Lipinski definition) is 0. The molecule has 0 aliphatic heterocycles. The van der Waals surface area contributed by atoms with Gasteiger partial charge in [-0.2, -0.15) is 0 Å². The van der Waals surface area contributed by atoms with Crippen LogP contribution >= 0.6 is 11.6 Å². The molecule has 0 aliphatic rings. The fourth-order valence-corrected chi connectivity index (χ4v) is 1.85. The van der Waals surface area contributed by atoms with Gasteiger partial charge in [-0.3, -0.25) is 0 Å². The molecular weight excluding hydrogens is 246 g/mol. The van der Waals surface area contributed by atoms with Gasteiger partial charge in [0.2, 0.25) is 0 Å². The lowest BCUT2D eigenvalue weighted by atomic mass is 10.2. The summed E-state index contributed by atoms with van der Waals surface area (Å²) in [5.41, 5.74) is 2.82. The van der Waals surface area contributed by atoms with Crippen molar-refractivity contribution >= 4 is 11.6 Å². The van der Waals surface area contributed by atoms with Crippen LogP contribution in [0.5, 0.6) is 0 Å². The zero-order chi connectivity index (χ0) is 12.4. The molecular formula is C14H10ClN3. The maximum absolute atomic E-state index is 5.86. The fourth-order valence-electron chi connectivity index (χ4n) is 1.72. The topological polar surface area (TPSA) is 30.7 Å². The molecule has 1 heterocycles. The van der Waals surface area contributed by atoms with Crippen LogP contribution in [0.25, 0.3) is 16.9 Å². The SMILES string of the molecule is Clc1ccc(-c2cn(-c3ccccc3)nn2)cc1. The Hall–Kier alpha value is -2.13. The molecule has 3 nitrogen and oxygen atoms in total. The molecule has 0 bridgehead atoms. The molecule has 0 spiro atoms. The van der Waals surface area contributed by atoms with E-state index in [4.69, 9.17) is 11.6 Å². The highest BCUT2D eigenvalue weighted by Crippen LogP contribution is 2.19. The van der Waals surface area contributed by atoms with Crippen molar-refractivity contribution in [1.82, 2.24) is 15.0 Å². The molecule has 88 valence electrons. The average molecular weight is 256 g/mol. The lowest BCUT2D eigenvalue weighted by Crippen LogP contribution is -1.93. The number of benzene rings is 2. The Morgan fingerprint density at radius 2 is 1.61 bits per heavy atom. The van der Waals surface area contributed by atoms with Gasteiger partial charge >= 0.3 is 0 Å². The van der Waals surface area contributed by atoms with E-state index < -0.39 is 0 Å². The number of nitrogens with zero attached hydrogens (tertiary/aromatic N) is 3. The van der Waals surface area contributed by atoms with Crippen molar-refractivity contribution in [2.75, 3.05) is 0 Å². The first-order chi connectivity index (χ1) is 8.83. The van der Waals surface area contributed by atoms with Gasteiger partial charge in [-0.1, -0.05) is 47.1 Å². The predicted molar refractivity (Wildman–Crippen MR) is 71.8 cm³/mol. The van der Waals surface area contributed by atoms with Gasteiger partial charge in [-0.05, 0) is 24.3 Å². The Morgan fingerprint density at radius 3 is 2.33 bits per heavy atom. The van der Waals surface area contributed by atoms with Crippen LogP contribution < -0.4 is 0 Å². The van der Waals surface area contributed by atoms with Crippen LogP contribution in [0, 0.1) is 0 Å². The molecule has 18 heavy (non-hydrogen) atoms. The highest BCUT2D eigenvalue weighted by Gasteiger charge is 2.04. The molecule has 0 fully saturated rings. The summed E-state index contributed by atoms with van der Waals surface area (Å²) in [7, 11) is 0. The first-order valence-electron chi connectivity index (χ1n) is 5.57. The number of rotatable bonds is 2. The first kappa shape index (κ1) is 11.0. The minimum atomic E-state index is 0.717. The van der Waals surface area contributed by atoms with Crippen molar-refractivity contribution in [2.45, 2.75) is 0 Å². The molecule has 3 aromatic rings. The van der Waals surface area contributed by atoms with E-state index in [2.05, 4.69) is 10.3 Å². The largest absolute Gasteiger partial charge is 0.220 e. The second kappa shape index (κ2) is 4.63. The highest BCUT2D eigenvalue weighted by atomic mass is 35.5. The minimum Gasteiger partial charge on any atom is -0.220 e. The Morgan fingerprint density at radius 1 is 0.889 bits per heavy atom. The maximum atomic E-state index is 5.86. The van der Waals surface area contributed by atoms with Crippen molar-refractivity contribution < 1.29 is 0 Å². The van der Waals surface area contributed by atoms with Crippen molar-refractivity contribution in [3.05, 3.63) is 65.8 Å². The van der Waals surface area contributed by atoms with Crippen LogP contribution in [0.4, 0.5) is 0 Å². The summed E-state index contributed by atoms with van der Waals surface area (Å²) < 4.78 is 1.75. The normalized spacial score (nSPS) is 10.5. The Balaban J connectivity index is 1.97. The van der Waals surface area contributed by atoms with E-state index in [-0.39, 0.29) is 0 Å². The summed E-state index contributed by atoms with van der Waals surface area (Å²) >= 11 is 5.86. The minimum absolute atomic E-state index is 0.717. The lowest BCUT2D eigenvalue weighted by Gasteiger charge is -1.97. The predicted octanol–water partition coefficient (Wildman–Crippen LogP) is 3.59. The molecule has 3 rings (SSSR count). The van der Waals surface area contributed by atoms with Gasteiger partial charge in [0.15, 0.2) is 0 Å². The van der Waals surface area contributed by atoms with Crippen molar-refractivity contribution in [2.24, 2.45) is 0 Å². The molecule has 0 atom stereocenters. The number of hydrogen-bond acceptors (Lipinski definition) is 2. The molecule has 0 saturated heterocycles. The zero-order valence-electron chi connectivity index (χ0n) is 9.49. The molecule has 2 aromatic carbocycles. The Bertz CT molecular complexity index is 644. The number of para-hydroxylation sites is 1. The van der Waals surface area contributed by atoms with Crippen LogP contribution in [0.3, 0.4) is 0 Å². The monoisotopic (exact) mass is 255 g/mol. The molecule has 1 aromatic heterocycles. The highest BCUT2D eigenvalue weighted by molar-refractivity contribution is 6.30. The molecule has 0 unspecified atom stereocenters. The van der Waals surface area contributed by atoms with E-state index in [1.54, 1.807) is 4.68 Å². The summed E-state index contributed by atoms with van der Waals surface area (Å²) in [6.45, 7) is 0. The molecule has 0 aliphatic carbocycles. The quantitative estimate of drug-likeness (QED) is 0.701. The third-order valence-corrected chi connectivity index (χ3v) is 2.91. The average Bonchev–Trinajstić information content (AvgIpc) is 2.90. The summed E-state index contributed by atoms with van der Waals surface area (Å²) in [5, 5.41) is 9.00. The first-order valence-corrected chi connectivity index (χ1v) is 5.94. The summed E-state index contributed by atoms with van der Waals surface area (Å²) in [6.07, 6.45) is 1.90. The fraction of sp³-hybridized carbons (Fsp3) is 0. The Labute approximate surface area is 110 Å². The van der Waals surface area contributed by atoms with Gasteiger partial charge in [0.05, 0.1) is 11.9 Å². The van der Waals surface area contributed by atoms with Gasteiger partial charge < -0.3 is 0 Å². The van der Waals surface area contributed by atoms with E-state index >= 15 is 0 Å². The maximum Gasteiger partial charge on any atom is 0.113 e. The van der Waals surface area contributed by atoms with Gasteiger partial charge in [0.25, 0.3) is 0 Å². The van der Waals surface area contributed by atoms with E-state index in [0.29, 0.717) is 5.02 Å². The van der Waals surface area contributed by atoms with Gasteiger partial charge in [0, 0.05) is 10.6 Å². The number of halogens is 1. The van der Waals surface area contributed by atoms with E-state index in [1.165, 1.54) is 0 Å². The lowest BCUT2D eigenvalue weighted by molar-refractivity contribution is 0.804. The van der Waals surface area contributed by atoms with Gasteiger partial charge in [-0.25, -0.2) is 4.68 Å². The van der Waals surface area contributed by atoms with Gasteiger partial charge in [0.1, 0.15) is 5.69 Å². The van der Waals surface area contributed by atoms with E-state index in [0.717, 1.165) is 16.9 Å². The molecule has 0 radical (unpaired) electrons. The van der Waals surface area contributed by atoms with Crippen LogP contribution in [0.1, 0.15) is 0 Å². The smallest absolute Gasteiger partial charge is 0.113 e. The molecule has 0 N–H and O–H groups in total. The summed E-state index contributed by atoms with van der Waals surface area (Å²) in [6, 6.07) is 17.4. The zero-order valence-corrected chi connectivity index (χ0v) is 10.2. The molecule has 0 amide bonds. The third-order valence-electron chi connectivity index (χ3n) is 2.65. The van der Waals surface area contributed by atoms with Crippen LogP contribution in [-0.2, 0) is 0 Å².